The first-order valence-corrected chi connectivity index (χ1v) is 7.61. The highest BCUT2D eigenvalue weighted by Crippen LogP contribution is 2.21. The molecule has 0 aliphatic carbocycles. The summed E-state index contributed by atoms with van der Waals surface area (Å²) in [5, 5.41) is -0.296. The molecule has 1 rings (SSSR count). The van der Waals surface area contributed by atoms with E-state index in [1.54, 1.807) is 0 Å². The first kappa shape index (κ1) is 17.1. The molecule has 1 aromatic rings. The number of Topliss-reactive ketones (excluding diaryl/α,β-unsaturated/α-hetero) is 1. The lowest BCUT2D eigenvalue weighted by molar-refractivity contribution is 0.0974. The van der Waals surface area contributed by atoms with Crippen molar-refractivity contribution in [2.24, 2.45) is 0 Å². The molecule has 112 valence electrons. The lowest BCUT2D eigenvalue weighted by Crippen LogP contribution is -2.03. The molecule has 0 saturated heterocycles. The van der Waals surface area contributed by atoms with Gasteiger partial charge in [0.1, 0.15) is 11.6 Å². The zero-order valence-corrected chi connectivity index (χ0v) is 12.6. The molecule has 0 saturated carbocycles. The largest absolute Gasteiger partial charge is 0.294 e. The number of hydrogen-bond donors (Lipinski definition) is 0. The van der Waals surface area contributed by atoms with E-state index in [0.29, 0.717) is 6.42 Å². The third-order valence-corrected chi connectivity index (χ3v) is 3.61. The van der Waals surface area contributed by atoms with Gasteiger partial charge in [-0.1, -0.05) is 57.0 Å². The van der Waals surface area contributed by atoms with Crippen LogP contribution in [0, 0.1) is 11.6 Å². The molecule has 0 amide bonds. The molecule has 0 heterocycles. The van der Waals surface area contributed by atoms with E-state index in [2.05, 4.69) is 6.92 Å². The molecule has 1 aromatic carbocycles. The predicted molar refractivity (Wildman–Crippen MR) is 78.3 cm³/mol. The Labute approximate surface area is 124 Å². The van der Waals surface area contributed by atoms with E-state index in [0.717, 1.165) is 25.0 Å². The van der Waals surface area contributed by atoms with Crippen LogP contribution in [0.15, 0.2) is 12.1 Å². The van der Waals surface area contributed by atoms with Crippen molar-refractivity contribution < 1.29 is 13.6 Å². The number of benzene rings is 1. The molecule has 1 nitrogen and oxygen atoms in total. The fraction of sp³-hybridized carbons (Fsp3) is 0.562. The minimum absolute atomic E-state index is 0.196. The molecule has 0 N–H and O–H groups in total. The van der Waals surface area contributed by atoms with Crippen LogP contribution in [0.5, 0.6) is 0 Å². The van der Waals surface area contributed by atoms with Crippen LogP contribution in [0.2, 0.25) is 5.02 Å². The van der Waals surface area contributed by atoms with Crippen LogP contribution in [-0.4, -0.2) is 5.78 Å². The topological polar surface area (TPSA) is 17.1 Å². The highest BCUT2D eigenvalue weighted by atomic mass is 35.5. The quantitative estimate of drug-likeness (QED) is 0.313. The van der Waals surface area contributed by atoms with Crippen molar-refractivity contribution >= 4 is 17.4 Å². The number of carbonyl (C=O) groups excluding carboxylic acids is 1. The number of hydrogen-bond acceptors (Lipinski definition) is 1. The molecule has 0 unspecified atom stereocenters. The summed E-state index contributed by atoms with van der Waals surface area (Å²) >= 11 is 5.45. The molecule has 0 fully saturated rings. The smallest absolute Gasteiger partial charge is 0.165 e. The van der Waals surface area contributed by atoms with Gasteiger partial charge in [-0.3, -0.25) is 4.79 Å². The number of halogens is 3. The Morgan fingerprint density at radius 2 is 1.60 bits per heavy atom. The number of unbranched alkanes of at least 4 members (excludes halogenated alkanes) is 6. The second-order valence-electron chi connectivity index (χ2n) is 5.04. The Morgan fingerprint density at radius 1 is 1.00 bits per heavy atom. The molecule has 0 radical (unpaired) electrons. The summed E-state index contributed by atoms with van der Waals surface area (Å²) in [5.41, 5.74) is -0.196. The fourth-order valence-electron chi connectivity index (χ4n) is 2.11. The molecule has 20 heavy (non-hydrogen) atoms. The van der Waals surface area contributed by atoms with Crippen LogP contribution in [-0.2, 0) is 0 Å². The Balaban J connectivity index is 2.34. The summed E-state index contributed by atoms with van der Waals surface area (Å²) in [6.07, 6.45) is 7.86. The standard InChI is InChI=1S/C16H21ClF2O/c1-2-3-4-5-6-7-8-9-16(20)12-10-15(19)13(17)11-14(12)18/h10-11H,2-9H2,1H3. The third kappa shape index (κ3) is 5.58. The van der Waals surface area contributed by atoms with Crippen molar-refractivity contribution in [2.45, 2.75) is 58.3 Å². The van der Waals surface area contributed by atoms with Crippen molar-refractivity contribution in [1.82, 2.24) is 0 Å². The van der Waals surface area contributed by atoms with E-state index in [9.17, 15) is 13.6 Å². The summed E-state index contributed by atoms with van der Waals surface area (Å²) < 4.78 is 26.8. The summed E-state index contributed by atoms with van der Waals surface area (Å²) in [7, 11) is 0. The van der Waals surface area contributed by atoms with Crippen LogP contribution >= 0.6 is 11.6 Å². The molecular formula is C16H21ClF2O. The van der Waals surface area contributed by atoms with Gasteiger partial charge in [0.05, 0.1) is 10.6 Å². The van der Waals surface area contributed by atoms with Gasteiger partial charge in [0.15, 0.2) is 5.78 Å². The minimum atomic E-state index is -0.754. The first-order valence-electron chi connectivity index (χ1n) is 7.24. The van der Waals surface area contributed by atoms with Crippen molar-refractivity contribution in [1.29, 1.82) is 0 Å². The SMILES string of the molecule is CCCCCCCCCC(=O)c1cc(F)c(Cl)cc1F. The molecule has 0 spiro atoms. The summed E-state index contributed by atoms with van der Waals surface area (Å²) in [6, 6.07) is 1.75. The number of rotatable bonds is 9. The van der Waals surface area contributed by atoms with Gasteiger partial charge in [-0.05, 0) is 18.6 Å². The van der Waals surface area contributed by atoms with Crippen LogP contribution in [0.1, 0.15) is 68.6 Å². The lowest BCUT2D eigenvalue weighted by Gasteiger charge is -2.04. The van der Waals surface area contributed by atoms with Crippen molar-refractivity contribution in [2.75, 3.05) is 0 Å². The van der Waals surface area contributed by atoms with Gasteiger partial charge in [0, 0.05) is 6.42 Å². The molecule has 0 bridgehead atoms. The Morgan fingerprint density at radius 3 is 2.25 bits per heavy atom. The van der Waals surface area contributed by atoms with Crippen molar-refractivity contribution in [3.63, 3.8) is 0 Å². The number of carbonyl (C=O) groups is 1. The maximum atomic E-state index is 13.5. The van der Waals surface area contributed by atoms with Gasteiger partial charge in [-0.15, -0.1) is 0 Å². The molecule has 4 heteroatoms. The fourth-order valence-corrected chi connectivity index (χ4v) is 2.26. The molecule has 0 aliphatic heterocycles. The van der Waals surface area contributed by atoms with Crippen LogP contribution in [0.3, 0.4) is 0 Å². The van der Waals surface area contributed by atoms with E-state index >= 15 is 0 Å². The summed E-state index contributed by atoms with van der Waals surface area (Å²) in [4.78, 5) is 11.8. The maximum absolute atomic E-state index is 13.5. The third-order valence-electron chi connectivity index (χ3n) is 3.32. The maximum Gasteiger partial charge on any atom is 0.165 e. The molecule has 0 atom stereocenters. The molecule has 0 aromatic heterocycles. The summed E-state index contributed by atoms with van der Waals surface area (Å²) in [5.74, 6) is -1.85. The van der Waals surface area contributed by atoms with Gasteiger partial charge < -0.3 is 0 Å². The normalized spacial score (nSPS) is 10.8. The average Bonchev–Trinajstić information content (AvgIpc) is 2.41. The number of ketones is 1. The van der Waals surface area contributed by atoms with Crippen LogP contribution in [0.4, 0.5) is 8.78 Å². The minimum Gasteiger partial charge on any atom is -0.294 e. The average molecular weight is 303 g/mol. The van der Waals surface area contributed by atoms with E-state index in [4.69, 9.17) is 11.6 Å². The monoisotopic (exact) mass is 302 g/mol. The van der Waals surface area contributed by atoms with E-state index < -0.39 is 11.6 Å². The van der Waals surface area contributed by atoms with Crippen molar-refractivity contribution in [3.8, 4) is 0 Å². The van der Waals surface area contributed by atoms with Gasteiger partial charge >= 0.3 is 0 Å². The second-order valence-corrected chi connectivity index (χ2v) is 5.45. The highest BCUT2D eigenvalue weighted by Gasteiger charge is 2.14. The van der Waals surface area contributed by atoms with E-state index in [1.165, 1.54) is 25.7 Å². The Hall–Kier alpha value is -0.960. The lowest BCUT2D eigenvalue weighted by atomic mass is 10.0. The first-order chi connectivity index (χ1) is 9.56. The predicted octanol–water partition coefficient (Wildman–Crippen LogP) is 5.94. The summed E-state index contributed by atoms with van der Waals surface area (Å²) in [6.45, 7) is 2.17. The van der Waals surface area contributed by atoms with Gasteiger partial charge in [0.2, 0.25) is 0 Å². The van der Waals surface area contributed by atoms with Crippen LogP contribution in [0.25, 0.3) is 0 Å². The highest BCUT2D eigenvalue weighted by molar-refractivity contribution is 6.30. The molecular weight excluding hydrogens is 282 g/mol. The second kappa shape index (κ2) is 9.06. The van der Waals surface area contributed by atoms with Gasteiger partial charge in [-0.2, -0.15) is 0 Å². The molecule has 0 aliphatic rings. The zero-order chi connectivity index (χ0) is 15.0. The Bertz CT molecular complexity index is 446. The Kier molecular flexibility index (Phi) is 7.75. The van der Waals surface area contributed by atoms with Crippen molar-refractivity contribution in [3.05, 3.63) is 34.4 Å². The van der Waals surface area contributed by atoms with Crippen LogP contribution < -0.4 is 0 Å². The van der Waals surface area contributed by atoms with E-state index in [-0.39, 0.29) is 22.8 Å². The van der Waals surface area contributed by atoms with E-state index in [1.807, 2.05) is 0 Å². The van der Waals surface area contributed by atoms with Gasteiger partial charge in [0.25, 0.3) is 0 Å². The zero-order valence-electron chi connectivity index (χ0n) is 11.9. The van der Waals surface area contributed by atoms with Gasteiger partial charge in [-0.25, -0.2) is 8.78 Å².